The molecule has 8 nitrogen and oxygen atoms in total. The molecule has 192 valence electrons. The van der Waals surface area contributed by atoms with Crippen LogP contribution in [0.25, 0.3) is 0 Å². The van der Waals surface area contributed by atoms with E-state index in [0.717, 1.165) is 25.0 Å². The third-order valence-corrected chi connectivity index (χ3v) is 9.95. The predicted octanol–water partition coefficient (Wildman–Crippen LogP) is 2.55. The molecule has 4 N–H and O–H groups in total. The normalized spacial score (nSPS) is 27.6. The Kier molecular flexibility index (Phi) is 6.20. The first kappa shape index (κ1) is 24.6. The van der Waals surface area contributed by atoms with Gasteiger partial charge in [0.15, 0.2) is 17.9 Å². The Morgan fingerprint density at radius 2 is 1.86 bits per heavy atom. The lowest BCUT2D eigenvalue weighted by molar-refractivity contribution is -0.0663. The molecule has 0 amide bonds. The number of hydrogen-bond donors (Lipinski definition) is 4. The number of aromatic nitrogens is 1. The molecule has 3 atom stereocenters. The summed E-state index contributed by atoms with van der Waals surface area (Å²) in [4.78, 5) is 0.185. The first-order valence-electron chi connectivity index (χ1n) is 12.0. The summed E-state index contributed by atoms with van der Waals surface area (Å²) in [5.41, 5.74) is 0.343. The summed E-state index contributed by atoms with van der Waals surface area (Å²) in [6.07, 6.45) is 2.44. The fourth-order valence-electron chi connectivity index (χ4n) is 6.29. The first-order valence-corrected chi connectivity index (χ1v) is 13.5. The molecule has 2 saturated heterocycles. The summed E-state index contributed by atoms with van der Waals surface area (Å²) in [7, 11) is -3.96. The van der Waals surface area contributed by atoms with Gasteiger partial charge in [0.2, 0.25) is 10.0 Å². The second-order valence-corrected chi connectivity index (χ2v) is 11.9. The van der Waals surface area contributed by atoms with Crippen LogP contribution in [-0.2, 0) is 23.0 Å². The molecule has 2 aromatic rings. The van der Waals surface area contributed by atoms with Crippen LogP contribution in [0.1, 0.15) is 61.7 Å². The number of rotatable bonds is 6. The van der Waals surface area contributed by atoms with Crippen LogP contribution in [-0.4, -0.2) is 56.9 Å². The van der Waals surface area contributed by atoms with E-state index in [4.69, 9.17) is 0 Å². The fraction of sp³-hybridized carbons (Fsp3) is 0.583. The molecule has 0 aliphatic carbocycles. The molecular formula is C24H31F2N3O5S. The summed E-state index contributed by atoms with van der Waals surface area (Å²) in [5, 5.41) is 34.1. The van der Waals surface area contributed by atoms with Crippen molar-refractivity contribution in [2.75, 3.05) is 11.9 Å². The van der Waals surface area contributed by atoms with Crippen LogP contribution >= 0.6 is 0 Å². The van der Waals surface area contributed by atoms with Gasteiger partial charge in [0.1, 0.15) is 4.90 Å². The van der Waals surface area contributed by atoms with Gasteiger partial charge >= 0.3 is 0 Å². The Hall–Kier alpha value is -2.05. The number of halogens is 2. The number of sulfonamides is 1. The summed E-state index contributed by atoms with van der Waals surface area (Å²) in [6, 6.07) is 2.41. The zero-order valence-electron chi connectivity index (χ0n) is 19.5. The number of fused-ring (bicyclic) bond motifs is 3. The van der Waals surface area contributed by atoms with E-state index in [1.807, 2.05) is 4.57 Å². The highest BCUT2D eigenvalue weighted by Gasteiger charge is 2.53. The van der Waals surface area contributed by atoms with Gasteiger partial charge in [0.05, 0.1) is 17.9 Å². The maximum Gasteiger partial charge on any atom is 0.245 e. The molecule has 5 rings (SSSR count). The molecular weight excluding hydrogens is 480 g/mol. The van der Waals surface area contributed by atoms with E-state index in [0.29, 0.717) is 42.8 Å². The van der Waals surface area contributed by atoms with Crippen molar-refractivity contribution in [3.05, 3.63) is 46.8 Å². The number of hydrogen-bond acceptors (Lipinski definition) is 6. The molecule has 3 aliphatic rings. The van der Waals surface area contributed by atoms with Crippen molar-refractivity contribution in [2.45, 2.75) is 87.2 Å². The van der Waals surface area contributed by atoms with E-state index in [2.05, 4.69) is 5.32 Å². The summed E-state index contributed by atoms with van der Waals surface area (Å²) < 4.78 is 58.5. The van der Waals surface area contributed by atoms with Crippen molar-refractivity contribution in [1.82, 2.24) is 8.87 Å². The number of nitrogens with one attached hydrogen (secondary N) is 1. The molecule has 2 fully saturated rings. The highest BCUT2D eigenvalue weighted by atomic mass is 32.2. The van der Waals surface area contributed by atoms with Crippen LogP contribution in [0.4, 0.5) is 14.5 Å². The minimum atomic E-state index is -3.96. The lowest BCUT2D eigenvalue weighted by Crippen LogP contribution is -2.54. The minimum absolute atomic E-state index is 0.170. The second kappa shape index (κ2) is 8.81. The van der Waals surface area contributed by atoms with Crippen LogP contribution in [0, 0.1) is 18.6 Å². The van der Waals surface area contributed by atoms with Gasteiger partial charge in [-0.05, 0) is 69.6 Å². The Balaban J connectivity index is 1.54. The van der Waals surface area contributed by atoms with Crippen molar-refractivity contribution in [1.29, 1.82) is 0 Å². The van der Waals surface area contributed by atoms with Gasteiger partial charge in [-0.2, -0.15) is 4.31 Å². The Bertz CT molecular complexity index is 1230. The van der Waals surface area contributed by atoms with Gasteiger partial charge in [0, 0.05) is 36.1 Å². The standard InChI is InChI=1S/C24H31F2N3O5S/c1-14-21(23(31)27-15-5-8-18(25)19(26)10-15)28-9-3-2-4-20(28)22(14)35(33,34)29-16-6-7-17(29)12-24(32,11-16)13-30/h5,8,10,16-17,23,27,30-32H,2-4,6-7,9,11-13H2,1H3. The van der Waals surface area contributed by atoms with Crippen LogP contribution in [0.5, 0.6) is 0 Å². The third kappa shape index (κ3) is 4.07. The molecule has 11 heteroatoms. The van der Waals surface area contributed by atoms with E-state index >= 15 is 0 Å². The van der Waals surface area contributed by atoms with Gasteiger partial charge in [-0.15, -0.1) is 0 Å². The number of piperidine rings is 1. The molecule has 1 aromatic carbocycles. The number of aliphatic hydroxyl groups excluding tert-OH is 2. The molecule has 35 heavy (non-hydrogen) atoms. The molecule has 1 aromatic heterocycles. The summed E-state index contributed by atoms with van der Waals surface area (Å²) in [5.74, 6) is -2.05. The zero-order chi connectivity index (χ0) is 25.1. The largest absolute Gasteiger partial charge is 0.393 e. The zero-order valence-corrected chi connectivity index (χ0v) is 20.4. The van der Waals surface area contributed by atoms with E-state index in [1.165, 1.54) is 10.4 Å². The predicted molar refractivity (Wildman–Crippen MR) is 124 cm³/mol. The Labute approximate surface area is 203 Å². The third-order valence-electron chi connectivity index (χ3n) is 7.74. The quantitative estimate of drug-likeness (QED) is 0.443. The first-order chi connectivity index (χ1) is 16.6. The molecule has 3 aliphatic heterocycles. The molecule has 3 unspecified atom stereocenters. The lowest BCUT2D eigenvalue weighted by Gasteiger charge is -2.42. The fourth-order valence-corrected chi connectivity index (χ4v) is 8.64. The minimum Gasteiger partial charge on any atom is -0.393 e. The van der Waals surface area contributed by atoms with E-state index in [-0.39, 0.29) is 23.4 Å². The van der Waals surface area contributed by atoms with Crippen molar-refractivity contribution < 1.29 is 32.5 Å². The maximum atomic E-state index is 14.1. The van der Waals surface area contributed by atoms with Gasteiger partial charge < -0.3 is 25.2 Å². The van der Waals surface area contributed by atoms with Gasteiger partial charge in [-0.25, -0.2) is 17.2 Å². The van der Waals surface area contributed by atoms with Crippen LogP contribution in [0.15, 0.2) is 23.1 Å². The van der Waals surface area contributed by atoms with Crippen molar-refractivity contribution in [2.24, 2.45) is 0 Å². The average molecular weight is 512 g/mol. The number of anilines is 1. The molecule has 2 bridgehead atoms. The smallest absolute Gasteiger partial charge is 0.245 e. The second-order valence-electron chi connectivity index (χ2n) is 10.1. The van der Waals surface area contributed by atoms with Gasteiger partial charge in [0.25, 0.3) is 0 Å². The maximum absolute atomic E-state index is 14.1. The van der Waals surface area contributed by atoms with Gasteiger partial charge in [-0.3, -0.25) is 0 Å². The number of benzene rings is 1. The van der Waals surface area contributed by atoms with Crippen LogP contribution in [0.3, 0.4) is 0 Å². The van der Waals surface area contributed by atoms with Crippen LogP contribution < -0.4 is 5.32 Å². The highest BCUT2D eigenvalue weighted by molar-refractivity contribution is 7.89. The number of nitrogens with zero attached hydrogens (tertiary/aromatic N) is 2. The molecule has 0 spiro atoms. The molecule has 0 saturated carbocycles. The van der Waals surface area contributed by atoms with Crippen LogP contribution in [0.2, 0.25) is 0 Å². The monoisotopic (exact) mass is 511 g/mol. The SMILES string of the molecule is Cc1c(S(=O)(=O)N2C3CCC2CC(O)(CO)C3)c2n(c1C(O)Nc1ccc(F)c(F)c1)CCCC2. The average Bonchev–Trinajstić information content (AvgIpc) is 3.28. The van der Waals surface area contributed by atoms with Gasteiger partial charge in [-0.1, -0.05) is 0 Å². The number of aliphatic hydroxyl groups is 3. The van der Waals surface area contributed by atoms with E-state index in [9.17, 15) is 32.5 Å². The van der Waals surface area contributed by atoms with Crippen molar-refractivity contribution >= 4 is 15.7 Å². The lowest BCUT2D eigenvalue weighted by atomic mass is 9.88. The molecule has 4 heterocycles. The van der Waals surface area contributed by atoms with Crippen molar-refractivity contribution in [3.63, 3.8) is 0 Å². The molecule has 0 radical (unpaired) electrons. The van der Waals surface area contributed by atoms with Crippen molar-refractivity contribution in [3.8, 4) is 0 Å². The Morgan fingerprint density at radius 1 is 1.17 bits per heavy atom. The Morgan fingerprint density at radius 3 is 2.49 bits per heavy atom. The summed E-state index contributed by atoms with van der Waals surface area (Å²) in [6.45, 7) is 1.80. The topological polar surface area (TPSA) is 115 Å². The highest BCUT2D eigenvalue weighted by Crippen LogP contribution is 2.46. The van der Waals surface area contributed by atoms with E-state index < -0.39 is 52.2 Å². The van der Waals surface area contributed by atoms with E-state index in [1.54, 1.807) is 6.92 Å². The summed E-state index contributed by atoms with van der Waals surface area (Å²) >= 11 is 0.